The van der Waals surface area contributed by atoms with Crippen LogP contribution < -0.4 is 5.32 Å². The van der Waals surface area contributed by atoms with E-state index in [1.165, 1.54) is 18.2 Å². The highest BCUT2D eigenvalue weighted by atomic mass is 35.5. The molecule has 6 atom stereocenters. The van der Waals surface area contributed by atoms with E-state index in [1.54, 1.807) is 0 Å². The lowest BCUT2D eigenvalue weighted by atomic mass is 9.63. The van der Waals surface area contributed by atoms with Crippen molar-refractivity contribution in [1.82, 2.24) is 4.90 Å². The van der Waals surface area contributed by atoms with Crippen LogP contribution >= 0.6 is 11.6 Å². The summed E-state index contributed by atoms with van der Waals surface area (Å²) in [6.45, 7) is -0.332. The third kappa shape index (κ3) is 2.14. The van der Waals surface area contributed by atoms with Gasteiger partial charge in [-0.1, -0.05) is 23.8 Å². The van der Waals surface area contributed by atoms with Crippen molar-refractivity contribution in [2.45, 2.75) is 6.42 Å². The molecule has 1 aromatic carbocycles. The van der Waals surface area contributed by atoms with Crippen molar-refractivity contribution < 1.29 is 19.5 Å². The minimum atomic E-state index is -0.520. The van der Waals surface area contributed by atoms with E-state index < -0.39 is 5.91 Å². The normalized spacial score (nSPS) is 36.1. The average molecular weight is 373 g/mol. The number of allylic oxidation sites excluding steroid dienone is 2. The number of carbonyl (C=O) groups excluding carboxylic acids is 3. The third-order valence-corrected chi connectivity index (χ3v) is 6.52. The van der Waals surface area contributed by atoms with Crippen LogP contribution in [0.5, 0.6) is 5.75 Å². The van der Waals surface area contributed by atoms with Gasteiger partial charge >= 0.3 is 0 Å². The second kappa shape index (κ2) is 5.33. The van der Waals surface area contributed by atoms with Crippen molar-refractivity contribution in [2.75, 3.05) is 11.9 Å². The monoisotopic (exact) mass is 372 g/mol. The SMILES string of the molecule is O=C(CN1C(=O)[C@@H]2[C@@H]3C=C[C@H]([C@H]4C[C@H]34)[C@H]2C1=O)Nc1ccc(Cl)cc1O. The highest BCUT2D eigenvalue weighted by molar-refractivity contribution is 6.30. The van der Waals surface area contributed by atoms with Gasteiger partial charge in [0.25, 0.3) is 0 Å². The summed E-state index contributed by atoms with van der Waals surface area (Å²) in [4.78, 5) is 39.1. The number of carbonyl (C=O) groups is 3. The Hall–Kier alpha value is -2.34. The Kier molecular flexibility index (Phi) is 3.26. The maximum atomic E-state index is 12.8. The van der Waals surface area contributed by atoms with Crippen molar-refractivity contribution >= 4 is 35.0 Å². The van der Waals surface area contributed by atoms with Crippen LogP contribution in [0.25, 0.3) is 0 Å². The number of imide groups is 1. The molecule has 5 aliphatic rings. The predicted molar refractivity (Wildman–Crippen MR) is 93.2 cm³/mol. The largest absolute Gasteiger partial charge is 0.506 e. The molecule has 134 valence electrons. The fourth-order valence-electron chi connectivity index (χ4n) is 5.12. The van der Waals surface area contributed by atoms with E-state index in [4.69, 9.17) is 11.6 Å². The van der Waals surface area contributed by atoms with Gasteiger partial charge in [-0.05, 0) is 42.2 Å². The van der Waals surface area contributed by atoms with Crippen LogP contribution in [0.2, 0.25) is 5.02 Å². The Balaban J connectivity index is 1.33. The Morgan fingerprint density at radius 2 is 1.77 bits per heavy atom. The molecule has 0 radical (unpaired) electrons. The number of phenolic OH excluding ortho intramolecular Hbond substituents is 1. The molecule has 0 aromatic heterocycles. The Bertz CT molecular complexity index is 846. The Labute approximate surface area is 154 Å². The standard InChI is InChI=1S/C19H17ClN2O4/c20-8-1-4-13(14(23)5-8)21-15(24)7-22-18(25)16-9-2-3-10(12-6-11(9)12)17(16)19(22)26/h1-5,9-12,16-17,23H,6-7H2,(H,21,24)/t9-,10-,11-,12-,16-,17-/m1/s1. The van der Waals surface area contributed by atoms with Crippen molar-refractivity contribution in [1.29, 1.82) is 0 Å². The highest BCUT2D eigenvalue weighted by Gasteiger charge is 2.67. The second-order valence-electron chi connectivity index (χ2n) is 7.63. The molecular weight excluding hydrogens is 356 g/mol. The molecule has 3 fully saturated rings. The van der Waals surface area contributed by atoms with Crippen LogP contribution in [-0.4, -0.2) is 34.3 Å². The number of likely N-dealkylation sites (tertiary alicyclic amines) is 1. The lowest BCUT2D eigenvalue weighted by Crippen LogP contribution is -2.40. The summed E-state index contributed by atoms with van der Waals surface area (Å²) in [5, 5.41) is 12.7. The number of rotatable bonds is 3. The van der Waals surface area contributed by atoms with Crippen LogP contribution in [0.3, 0.4) is 0 Å². The van der Waals surface area contributed by atoms with E-state index in [-0.39, 0.29) is 53.5 Å². The van der Waals surface area contributed by atoms with E-state index >= 15 is 0 Å². The van der Waals surface area contributed by atoms with Crippen molar-refractivity contribution in [3.05, 3.63) is 35.4 Å². The van der Waals surface area contributed by atoms with Crippen molar-refractivity contribution in [2.24, 2.45) is 35.5 Å². The molecule has 2 bridgehead atoms. The molecule has 6 nitrogen and oxygen atoms in total. The third-order valence-electron chi connectivity index (χ3n) is 6.29. The number of amides is 3. The summed E-state index contributed by atoms with van der Waals surface area (Å²) >= 11 is 5.77. The predicted octanol–water partition coefficient (Wildman–Crippen LogP) is 2.04. The maximum absolute atomic E-state index is 12.8. The first-order valence-corrected chi connectivity index (χ1v) is 9.15. The molecule has 1 aliphatic heterocycles. The summed E-state index contributed by atoms with van der Waals surface area (Å²) in [5.41, 5.74) is 0.193. The topological polar surface area (TPSA) is 86.7 Å². The summed E-state index contributed by atoms with van der Waals surface area (Å²) in [6, 6.07) is 4.32. The van der Waals surface area contributed by atoms with Gasteiger partial charge in [-0.3, -0.25) is 19.3 Å². The van der Waals surface area contributed by atoms with E-state index in [0.717, 1.165) is 11.3 Å². The number of hydrogen-bond acceptors (Lipinski definition) is 4. The zero-order valence-corrected chi connectivity index (χ0v) is 14.5. The van der Waals surface area contributed by atoms with E-state index in [2.05, 4.69) is 17.5 Å². The summed E-state index contributed by atoms with van der Waals surface area (Å²) in [5.74, 6) is -0.434. The highest BCUT2D eigenvalue weighted by Crippen LogP contribution is 2.65. The fraction of sp³-hybridized carbons (Fsp3) is 0.421. The summed E-state index contributed by atoms with van der Waals surface area (Å²) in [6.07, 6.45) is 5.30. The van der Waals surface area contributed by atoms with Gasteiger partial charge in [0.1, 0.15) is 12.3 Å². The molecule has 6 rings (SSSR count). The smallest absolute Gasteiger partial charge is 0.244 e. The minimum Gasteiger partial charge on any atom is -0.506 e. The van der Waals surface area contributed by atoms with E-state index in [0.29, 0.717) is 16.9 Å². The molecule has 1 aromatic rings. The molecule has 26 heavy (non-hydrogen) atoms. The van der Waals surface area contributed by atoms with Crippen molar-refractivity contribution in [3.63, 3.8) is 0 Å². The molecule has 3 amide bonds. The molecule has 1 saturated heterocycles. The van der Waals surface area contributed by atoms with Crippen molar-refractivity contribution in [3.8, 4) is 5.75 Å². The number of hydrogen-bond donors (Lipinski definition) is 2. The van der Waals surface area contributed by atoms with Crippen LogP contribution in [0.4, 0.5) is 5.69 Å². The van der Waals surface area contributed by atoms with Gasteiger partial charge in [0.2, 0.25) is 17.7 Å². The Morgan fingerprint density at radius 1 is 1.15 bits per heavy atom. The van der Waals surface area contributed by atoms with Gasteiger partial charge in [-0.25, -0.2) is 0 Å². The van der Waals surface area contributed by atoms with Crippen LogP contribution in [0, 0.1) is 35.5 Å². The number of nitrogens with one attached hydrogen (secondary N) is 1. The average Bonchev–Trinajstić information content (AvgIpc) is 3.39. The summed E-state index contributed by atoms with van der Waals surface area (Å²) < 4.78 is 0. The van der Waals surface area contributed by atoms with Gasteiger partial charge in [0.15, 0.2) is 0 Å². The molecule has 7 heteroatoms. The molecular formula is C19H17ClN2O4. The number of aromatic hydroxyl groups is 1. The van der Waals surface area contributed by atoms with Gasteiger partial charge in [0.05, 0.1) is 17.5 Å². The number of nitrogens with zero attached hydrogens (tertiary/aromatic N) is 1. The Morgan fingerprint density at radius 3 is 2.35 bits per heavy atom. The number of benzene rings is 1. The van der Waals surface area contributed by atoms with Crippen LogP contribution in [-0.2, 0) is 14.4 Å². The molecule has 2 saturated carbocycles. The second-order valence-corrected chi connectivity index (χ2v) is 8.06. The quantitative estimate of drug-likeness (QED) is 0.483. The van der Waals surface area contributed by atoms with Gasteiger partial charge in [0, 0.05) is 11.1 Å². The van der Waals surface area contributed by atoms with Gasteiger partial charge < -0.3 is 10.4 Å². The zero-order valence-electron chi connectivity index (χ0n) is 13.8. The van der Waals surface area contributed by atoms with Crippen LogP contribution in [0.1, 0.15) is 6.42 Å². The molecule has 2 N–H and O–H groups in total. The molecule has 4 aliphatic carbocycles. The lowest BCUT2D eigenvalue weighted by Gasteiger charge is -2.37. The van der Waals surface area contributed by atoms with Gasteiger partial charge in [-0.2, -0.15) is 0 Å². The number of phenols is 1. The number of halogens is 1. The maximum Gasteiger partial charge on any atom is 0.244 e. The summed E-state index contributed by atoms with van der Waals surface area (Å²) in [7, 11) is 0. The number of anilines is 1. The first-order valence-electron chi connectivity index (χ1n) is 8.77. The van der Waals surface area contributed by atoms with Crippen LogP contribution in [0.15, 0.2) is 30.4 Å². The van der Waals surface area contributed by atoms with E-state index in [9.17, 15) is 19.5 Å². The fourth-order valence-corrected chi connectivity index (χ4v) is 5.28. The van der Waals surface area contributed by atoms with Gasteiger partial charge in [-0.15, -0.1) is 0 Å². The molecule has 0 unspecified atom stereocenters. The molecule has 1 heterocycles. The first kappa shape index (κ1) is 15.9. The lowest BCUT2D eigenvalue weighted by molar-refractivity contribution is -0.142. The minimum absolute atomic E-state index is 0.139. The first-order chi connectivity index (χ1) is 12.5. The van der Waals surface area contributed by atoms with E-state index in [1.807, 2.05) is 0 Å². The molecule has 0 spiro atoms. The zero-order chi connectivity index (χ0) is 18.2.